The summed E-state index contributed by atoms with van der Waals surface area (Å²) in [5.74, 6) is 0. The van der Waals surface area contributed by atoms with Crippen LogP contribution in [0.15, 0.2) is 61.2 Å². The van der Waals surface area contributed by atoms with Crippen molar-refractivity contribution < 1.29 is 14.2 Å². The van der Waals surface area contributed by atoms with Crippen molar-refractivity contribution >= 4 is 21.8 Å². The van der Waals surface area contributed by atoms with Crippen LogP contribution in [0.2, 0.25) is 0 Å². The minimum atomic E-state index is -0.0247. The second-order valence-corrected chi connectivity index (χ2v) is 6.38. The molecule has 0 bridgehead atoms. The molecule has 0 N–H and O–H groups in total. The Bertz CT molecular complexity index is 813. The Kier molecular flexibility index (Phi) is 4.83. The van der Waals surface area contributed by atoms with E-state index in [-0.39, 0.29) is 12.2 Å². The molecule has 1 aliphatic rings. The number of epoxide rings is 1. The highest BCUT2D eigenvalue weighted by Gasteiger charge is 2.25. The lowest BCUT2D eigenvalue weighted by Crippen LogP contribution is -2.27. The van der Waals surface area contributed by atoms with Crippen LogP contribution in [0.1, 0.15) is 0 Å². The van der Waals surface area contributed by atoms with Crippen LogP contribution in [0.4, 0.5) is 0 Å². The fourth-order valence-electron chi connectivity index (χ4n) is 3.25. The first-order valence-electron chi connectivity index (χ1n) is 8.74. The van der Waals surface area contributed by atoms with Crippen LogP contribution in [0, 0.1) is 0 Å². The summed E-state index contributed by atoms with van der Waals surface area (Å²) in [6.45, 7) is 6.96. The summed E-state index contributed by atoms with van der Waals surface area (Å²) in [6.07, 6.45) is 1.99. The number of ether oxygens (including phenoxy) is 3. The van der Waals surface area contributed by atoms with Crippen LogP contribution in [0.25, 0.3) is 21.8 Å². The first-order chi connectivity index (χ1) is 12.4. The summed E-state index contributed by atoms with van der Waals surface area (Å²) >= 11 is 0. The van der Waals surface area contributed by atoms with Gasteiger partial charge in [0, 0.05) is 21.8 Å². The normalized spacial score (nSPS) is 17.8. The standard InChI is InChI=1S/C21H23NO3/c1-2-11-23-13-16(24-14-17-15-25-17)12-22-20-9-5-3-7-18(20)19-8-4-6-10-21(19)22/h2-10,16-17H,1,11-15H2. The molecule has 2 heterocycles. The Hall–Kier alpha value is -2.14. The van der Waals surface area contributed by atoms with Gasteiger partial charge in [-0.05, 0) is 12.1 Å². The third-order valence-electron chi connectivity index (χ3n) is 4.53. The maximum Gasteiger partial charge on any atom is 0.104 e. The molecule has 0 amide bonds. The van der Waals surface area contributed by atoms with Crippen molar-refractivity contribution in [1.29, 1.82) is 0 Å². The fraction of sp³-hybridized carbons (Fsp3) is 0.333. The molecular formula is C21H23NO3. The molecule has 130 valence electrons. The lowest BCUT2D eigenvalue weighted by atomic mass is 10.2. The van der Waals surface area contributed by atoms with E-state index in [1.165, 1.54) is 21.8 Å². The highest BCUT2D eigenvalue weighted by Crippen LogP contribution is 2.29. The Morgan fingerprint density at radius 2 is 1.76 bits per heavy atom. The van der Waals surface area contributed by atoms with Crippen LogP contribution < -0.4 is 0 Å². The third-order valence-corrected chi connectivity index (χ3v) is 4.53. The van der Waals surface area contributed by atoms with Gasteiger partial charge < -0.3 is 18.8 Å². The Labute approximate surface area is 147 Å². The molecule has 0 saturated carbocycles. The number of para-hydroxylation sites is 2. The summed E-state index contributed by atoms with van der Waals surface area (Å²) < 4.78 is 19.4. The molecular weight excluding hydrogens is 314 g/mol. The number of nitrogens with zero attached hydrogens (tertiary/aromatic N) is 1. The van der Waals surface area contributed by atoms with E-state index in [0.29, 0.717) is 19.8 Å². The zero-order chi connectivity index (χ0) is 17.1. The molecule has 0 aliphatic carbocycles. The van der Waals surface area contributed by atoms with Crippen molar-refractivity contribution in [3.05, 3.63) is 61.2 Å². The number of fused-ring (bicyclic) bond motifs is 3. The summed E-state index contributed by atoms with van der Waals surface area (Å²) in [7, 11) is 0. The zero-order valence-electron chi connectivity index (χ0n) is 14.3. The molecule has 25 heavy (non-hydrogen) atoms. The smallest absolute Gasteiger partial charge is 0.104 e. The number of hydrogen-bond donors (Lipinski definition) is 0. The molecule has 1 aromatic heterocycles. The van der Waals surface area contributed by atoms with Crippen molar-refractivity contribution in [3.8, 4) is 0 Å². The average molecular weight is 337 g/mol. The summed E-state index contributed by atoms with van der Waals surface area (Å²) in [5, 5.41) is 2.55. The van der Waals surface area contributed by atoms with Gasteiger partial charge in [-0.2, -0.15) is 0 Å². The summed E-state index contributed by atoms with van der Waals surface area (Å²) in [5.41, 5.74) is 2.45. The topological polar surface area (TPSA) is 35.9 Å². The van der Waals surface area contributed by atoms with E-state index < -0.39 is 0 Å². The van der Waals surface area contributed by atoms with Crippen molar-refractivity contribution in [1.82, 2.24) is 4.57 Å². The molecule has 2 aromatic carbocycles. The highest BCUT2D eigenvalue weighted by molar-refractivity contribution is 6.07. The van der Waals surface area contributed by atoms with Gasteiger partial charge >= 0.3 is 0 Å². The van der Waals surface area contributed by atoms with Crippen molar-refractivity contribution in [2.75, 3.05) is 26.4 Å². The second kappa shape index (κ2) is 7.40. The van der Waals surface area contributed by atoms with E-state index in [1.807, 2.05) is 0 Å². The van der Waals surface area contributed by atoms with Crippen molar-refractivity contribution in [2.24, 2.45) is 0 Å². The van der Waals surface area contributed by atoms with Crippen LogP contribution in [-0.4, -0.2) is 43.2 Å². The number of rotatable bonds is 9. The number of benzene rings is 2. The van der Waals surface area contributed by atoms with E-state index >= 15 is 0 Å². The van der Waals surface area contributed by atoms with Gasteiger partial charge in [-0.25, -0.2) is 0 Å². The van der Waals surface area contributed by atoms with Crippen LogP contribution in [0.5, 0.6) is 0 Å². The summed E-state index contributed by atoms with van der Waals surface area (Å²) in [4.78, 5) is 0. The van der Waals surface area contributed by atoms with Crippen molar-refractivity contribution in [3.63, 3.8) is 0 Å². The predicted octanol–water partition coefficient (Wildman–Crippen LogP) is 3.78. The SMILES string of the molecule is C=CCOCC(Cn1c2ccccc2c2ccccc21)OCC1CO1. The molecule has 3 aromatic rings. The first kappa shape index (κ1) is 16.3. The van der Waals surface area contributed by atoms with Gasteiger partial charge in [0.25, 0.3) is 0 Å². The lowest BCUT2D eigenvalue weighted by molar-refractivity contribution is -0.0223. The molecule has 2 atom stereocenters. The van der Waals surface area contributed by atoms with Gasteiger partial charge in [0.15, 0.2) is 0 Å². The maximum atomic E-state index is 6.08. The molecule has 4 nitrogen and oxygen atoms in total. The minimum Gasteiger partial charge on any atom is -0.375 e. The van der Waals surface area contributed by atoms with Gasteiger partial charge in [0.2, 0.25) is 0 Å². The van der Waals surface area contributed by atoms with E-state index in [1.54, 1.807) is 6.08 Å². The third kappa shape index (κ3) is 3.61. The van der Waals surface area contributed by atoms with Gasteiger partial charge in [0.1, 0.15) is 6.10 Å². The van der Waals surface area contributed by atoms with Crippen molar-refractivity contribution in [2.45, 2.75) is 18.8 Å². The molecule has 4 heteroatoms. The maximum absolute atomic E-state index is 6.08. The van der Waals surface area contributed by atoms with E-state index in [2.05, 4.69) is 59.7 Å². The first-order valence-corrected chi connectivity index (χ1v) is 8.74. The molecule has 0 radical (unpaired) electrons. The molecule has 1 fully saturated rings. The quantitative estimate of drug-likeness (QED) is 0.339. The average Bonchev–Trinajstić information content (AvgIpc) is 3.43. The highest BCUT2D eigenvalue weighted by atomic mass is 16.6. The van der Waals surface area contributed by atoms with E-state index in [9.17, 15) is 0 Å². The fourth-order valence-corrected chi connectivity index (χ4v) is 3.25. The van der Waals surface area contributed by atoms with E-state index in [0.717, 1.165) is 13.2 Å². The predicted molar refractivity (Wildman–Crippen MR) is 99.9 cm³/mol. The van der Waals surface area contributed by atoms with Crippen LogP contribution in [0.3, 0.4) is 0 Å². The van der Waals surface area contributed by atoms with Gasteiger partial charge in [-0.3, -0.25) is 0 Å². The summed E-state index contributed by atoms with van der Waals surface area (Å²) in [6, 6.07) is 17.0. The minimum absolute atomic E-state index is 0.0247. The molecule has 4 rings (SSSR count). The van der Waals surface area contributed by atoms with Gasteiger partial charge in [0.05, 0.1) is 39.1 Å². The Balaban J connectivity index is 1.63. The van der Waals surface area contributed by atoms with Crippen LogP contribution in [-0.2, 0) is 20.8 Å². The lowest BCUT2D eigenvalue weighted by Gasteiger charge is -2.19. The monoisotopic (exact) mass is 337 g/mol. The molecule has 1 aliphatic heterocycles. The van der Waals surface area contributed by atoms with Gasteiger partial charge in [-0.15, -0.1) is 6.58 Å². The largest absolute Gasteiger partial charge is 0.375 e. The second-order valence-electron chi connectivity index (χ2n) is 6.38. The number of hydrogen-bond acceptors (Lipinski definition) is 3. The van der Waals surface area contributed by atoms with Crippen LogP contribution >= 0.6 is 0 Å². The zero-order valence-corrected chi connectivity index (χ0v) is 14.3. The number of aromatic nitrogens is 1. The molecule has 2 unspecified atom stereocenters. The van der Waals surface area contributed by atoms with E-state index in [4.69, 9.17) is 14.2 Å². The van der Waals surface area contributed by atoms with Gasteiger partial charge in [-0.1, -0.05) is 42.5 Å². The molecule has 1 saturated heterocycles. The molecule has 0 spiro atoms. The Morgan fingerprint density at radius 3 is 2.36 bits per heavy atom. The Morgan fingerprint density at radius 1 is 1.12 bits per heavy atom.